The molecule has 0 N–H and O–H groups in total. The summed E-state index contributed by atoms with van der Waals surface area (Å²) in [5.74, 6) is 0. The van der Waals surface area contributed by atoms with Gasteiger partial charge >= 0.3 is 0 Å². The highest BCUT2D eigenvalue weighted by Gasteiger charge is 2.52. The summed E-state index contributed by atoms with van der Waals surface area (Å²) < 4.78 is 6.20. The van der Waals surface area contributed by atoms with Gasteiger partial charge in [-0.3, -0.25) is 0 Å². The van der Waals surface area contributed by atoms with E-state index in [0.717, 1.165) is 5.54 Å². The zero-order chi connectivity index (χ0) is 14.2. The van der Waals surface area contributed by atoms with E-state index in [-0.39, 0.29) is 0 Å². The lowest BCUT2D eigenvalue weighted by atomic mass is 10.2. The Morgan fingerprint density at radius 2 is 1.22 bits per heavy atom. The second-order valence-corrected chi connectivity index (χ2v) is 28.4. The topological polar surface area (TPSA) is 9.23 Å². The summed E-state index contributed by atoms with van der Waals surface area (Å²) in [6, 6.07) is 0. The van der Waals surface area contributed by atoms with Crippen LogP contribution in [-0.2, 0) is 4.43 Å². The van der Waals surface area contributed by atoms with Crippen LogP contribution in [0.15, 0.2) is 24.3 Å². The molecule has 0 heterocycles. The summed E-state index contributed by atoms with van der Waals surface area (Å²) in [6.07, 6.45) is 9.40. The van der Waals surface area contributed by atoms with Gasteiger partial charge in [-0.2, -0.15) is 0 Å². The van der Waals surface area contributed by atoms with Crippen LogP contribution in [0.25, 0.3) is 0 Å². The standard InChI is InChI=1S/C14H30OSi3/c1-15-18(8,17(5,6)7)14-12-10-9-11-13(14)16(2,3)4/h9-14H,1-8H3. The van der Waals surface area contributed by atoms with E-state index in [1.54, 1.807) is 0 Å². The van der Waals surface area contributed by atoms with Crippen LogP contribution < -0.4 is 0 Å². The molecular weight excluding hydrogens is 268 g/mol. The molecule has 0 saturated heterocycles. The molecule has 0 aromatic heterocycles. The average molecular weight is 299 g/mol. The number of hydrogen-bond acceptors (Lipinski definition) is 1. The third-order valence-electron chi connectivity index (χ3n) is 4.68. The number of allylic oxidation sites excluding steroid dienone is 4. The smallest absolute Gasteiger partial charge is 0.182 e. The van der Waals surface area contributed by atoms with Crippen LogP contribution in [0.3, 0.4) is 0 Å². The molecule has 0 amide bonds. The maximum atomic E-state index is 6.20. The summed E-state index contributed by atoms with van der Waals surface area (Å²) in [5.41, 5.74) is 1.41. The summed E-state index contributed by atoms with van der Waals surface area (Å²) in [4.78, 5) is 0. The van der Waals surface area contributed by atoms with Gasteiger partial charge in [0, 0.05) is 7.11 Å². The second kappa shape index (κ2) is 5.23. The zero-order valence-electron chi connectivity index (χ0n) is 13.4. The molecule has 0 aliphatic heterocycles. The van der Waals surface area contributed by atoms with E-state index >= 15 is 0 Å². The Labute approximate surface area is 116 Å². The first-order chi connectivity index (χ1) is 8.04. The van der Waals surface area contributed by atoms with Crippen molar-refractivity contribution in [3.05, 3.63) is 24.3 Å². The van der Waals surface area contributed by atoms with Gasteiger partial charge in [0.2, 0.25) is 0 Å². The van der Waals surface area contributed by atoms with Crippen LogP contribution in [0.5, 0.6) is 0 Å². The molecule has 1 rings (SSSR count). The van der Waals surface area contributed by atoms with E-state index < -0.39 is 23.5 Å². The SMILES string of the molecule is CO[Si](C)(C1C=CC=CC1[Si](C)(C)C)[Si](C)(C)C. The Kier molecular flexibility index (Phi) is 4.69. The molecule has 3 atom stereocenters. The molecule has 3 unspecified atom stereocenters. The van der Waals surface area contributed by atoms with Gasteiger partial charge in [0.15, 0.2) is 7.83 Å². The van der Waals surface area contributed by atoms with Crippen molar-refractivity contribution in [2.24, 2.45) is 0 Å². The molecule has 4 heteroatoms. The Morgan fingerprint density at radius 3 is 1.56 bits per heavy atom. The van der Waals surface area contributed by atoms with E-state index in [1.807, 2.05) is 7.11 Å². The van der Waals surface area contributed by atoms with Crippen LogP contribution in [0, 0.1) is 0 Å². The Hall–Kier alpha value is 0.0906. The van der Waals surface area contributed by atoms with Crippen LogP contribution in [-0.4, -0.2) is 30.6 Å². The normalized spacial score (nSPS) is 28.2. The first-order valence-electron chi connectivity index (χ1n) is 6.94. The van der Waals surface area contributed by atoms with Gasteiger partial charge < -0.3 is 4.43 Å². The van der Waals surface area contributed by atoms with E-state index in [1.165, 1.54) is 0 Å². The molecule has 0 aromatic rings. The molecule has 0 radical (unpaired) electrons. The van der Waals surface area contributed by atoms with E-state index in [2.05, 4.69) is 70.1 Å². The van der Waals surface area contributed by atoms with E-state index in [0.29, 0.717) is 5.54 Å². The predicted octanol–water partition coefficient (Wildman–Crippen LogP) is 4.83. The van der Waals surface area contributed by atoms with Crippen molar-refractivity contribution >= 4 is 23.5 Å². The fourth-order valence-electron chi connectivity index (χ4n) is 2.90. The maximum absolute atomic E-state index is 6.20. The fraction of sp³-hybridized carbons (Fsp3) is 0.714. The highest BCUT2D eigenvalue weighted by molar-refractivity contribution is 7.39. The summed E-state index contributed by atoms with van der Waals surface area (Å²) >= 11 is 0. The molecule has 0 fully saturated rings. The Balaban J connectivity index is 3.20. The van der Waals surface area contributed by atoms with Gasteiger partial charge in [-0.1, -0.05) is 63.6 Å². The van der Waals surface area contributed by atoms with Gasteiger partial charge in [-0.15, -0.1) is 0 Å². The maximum Gasteiger partial charge on any atom is 0.182 e. The predicted molar refractivity (Wildman–Crippen MR) is 91.1 cm³/mol. The minimum atomic E-state index is -1.66. The monoisotopic (exact) mass is 298 g/mol. The van der Waals surface area contributed by atoms with E-state index in [4.69, 9.17) is 4.43 Å². The lowest BCUT2D eigenvalue weighted by Crippen LogP contribution is -2.61. The number of hydrogen-bond donors (Lipinski definition) is 0. The molecule has 0 spiro atoms. The van der Waals surface area contributed by atoms with Crippen LogP contribution in [0.1, 0.15) is 0 Å². The van der Waals surface area contributed by atoms with Gasteiger partial charge in [0.05, 0.1) is 15.7 Å². The quantitative estimate of drug-likeness (QED) is 0.676. The van der Waals surface area contributed by atoms with Crippen LogP contribution >= 0.6 is 0 Å². The van der Waals surface area contributed by atoms with Gasteiger partial charge in [-0.05, 0) is 17.6 Å². The summed E-state index contributed by atoms with van der Waals surface area (Å²) in [7, 11) is -2.16. The van der Waals surface area contributed by atoms with Gasteiger partial charge in [0.1, 0.15) is 0 Å². The molecule has 0 bridgehead atoms. The lowest BCUT2D eigenvalue weighted by Gasteiger charge is -2.48. The van der Waals surface area contributed by atoms with Crippen molar-refractivity contribution < 1.29 is 4.43 Å². The lowest BCUT2D eigenvalue weighted by molar-refractivity contribution is 0.405. The van der Waals surface area contributed by atoms with Gasteiger partial charge in [0.25, 0.3) is 0 Å². The third-order valence-corrected chi connectivity index (χ3v) is 23.8. The number of rotatable bonds is 4. The van der Waals surface area contributed by atoms with Crippen LogP contribution in [0.4, 0.5) is 0 Å². The first-order valence-corrected chi connectivity index (χ1v) is 17.5. The summed E-state index contributed by atoms with van der Waals surface area (Å²) in [5, 5.41) is 0. The summed E-state index contributed by atoms with van der Waals surface area (Å²) in [6.45, 7) is 17.4. The molecular formula is C14H30OSi3. The van der Waals surface area contributed by atoms with Crippen molar-refractivity contribution in [3.63, 3.8) is 0 Å². The minimum Gasteiger partial charge on any atom is -0.422 e. The highest BCUT2D eigenvalue weighted by atomic mass is 29.3. The fourth-order valence-corrected chi connectivity index (χ4v) is 16.6. The third kappa shape index (κ3) is 2.98. The second-order valence-electron chi connectivity index (χ2n) is 7.75. The Morgan fingerprint density at radius 1 is 0.778 bits per heavy atom. The minimum absolute atomic E-state index is 0.672. The molecule has 1 aliphatic rings. The molecule has 1 nitrogen and oxygen atoms in total. The van der Waals surface area contributed by atoms with Gasteiger partial charge in [-0.25, -0.2) is 0 Å². The van der Waals surface area contributed by atoms with Crippen molar-refractivity contribution in [2.45, 2.75) is 56.9 Å². The highest BCUT2D eigenvalue weighted by Crippen LogP contribution is 2.47. The largest absolute Gasteiger partial charge is 0.422 e. The zero-order valence-corrected chi connectivity index (χ0v) is 16.4. The van der Waals surface area contributed by atoms with Crippen LogP contribution in [0.2, 0.25) is 56.9 Å². The van der Waals surface area contributed by atoms with Crippen molar-refractivity contribution in [1.82, 2.24) is 0 Å². The van der Waals surface area contributed by atoms with Crippen molar-refractivity contribution in [2.75, 3.05) is 7.11 Å². The molecule has 1 aliphatic carbocycles. The van der Waals surface area contributed by atoms with Crippen molar-refractivity contribution in [1.29, 1.82) is 0 Å². The Bertz CT molecular complexity index is 349. The van der Waals surface area contributed by atoms with Crippen molar-refractivity contribution in [3.8, 4) is 0 Å². The molecule has 104 valence electrons. The molecule has 0 saturated carbocycles. The molecule has 0 aromatic carbocycles. The molecule has 18 heavy (non-hydrogen) atoms. The average Bonchev–Trinajstić information content (AvgIpc) is 2.25. The first kappa shape index (κ1) is 16.1. The van der Waals surface area contributed by atoms with E-state index in [9.17, 15) is 0 Å².